The van der Waals surface area contributed by atoms with Crippen molar-refractivity contribution in [3.05, 3.63) is 75.3 Å². The van der Waals surface area contributed by atoms with E-state index in [4.69, 9.17) is 4.98 Å². The fraction of sp³-hybridized carbons (Fsp3) is 0.360. The number of rotatable bonds is 4. The third-order valence-corrected chi connectivity index (χ3v) is 6.02. The van der Waals surface area contributed by atoms with Crippen LogP contribution < -0.4 is 10.9 Å². The van der Waals surface area contributed by atoms with Crippen LogP contribution in [0.3, 0.4) is 0 Å². The highest BCUT2D eigenvalue weighted by Gasteiger charge is 2.17. The van der Waals surface area contributed by atoms with Gasteiger partial charge in [0, 0.05) is 44.7 Å². The normalized spacial score (nSPS) is 13.7. The molecule has 7 nitrogen and oxygen atoms in total. The van der Waals surface area contributed by atoms with Crippen molar-refractivity contribution in [2.75, 3.05) is 14.1 Å². The Labute approximate surface area is 187 Å². The Morgan fingerprint density at radius 3 is 2.50 bits per heavy atom. The van der Waals surface area contributed by atoms with Crippen molar-refractivity contribution in [3.63, 3.8) is 0 Å². The molecule has 2 aromatic carbocycles. The molecule has 0 saturated heterocycles. The van der Waals surface area contributed by atoms with Crippen LogP contribution in [0.5, 0.6) is 0 Å². The lowest BCUT2D eigenvalue weighted by atomic mass is 10.1. The number of aromatic nitrogens is 2. The zero-order valence-electron chi connectivity index (χ0n) is 18.6. The molecule has 0 saturated carbocycles. The van der Waals surface area contributed by atoms with E-state index in [0.29, 0.717) is 35.1 Å². The number of carbonyl (C=O) groups is 2. The van der Waals surface area contributed by atoms with E-state index in [2.05, 4.69) is 5.32 Å². The first-order valence-electron chi connectivity index (χ1n) is 11.1. The molecule has 0 aliphatic carbocycles. The van der Waals surface area contributed by atoms with E-state index in [1.807, 2.05) is 12.1 Å². The van der Waals surface area contributed by atoms with Crippen LogP contribution in [0.1, 0.15) is 57.8 Å². The largest absolute Gasteiger partial charge is 0.355 e. The summed E-state index contributed by atoms with van der Waals surface area (Å²) in [4.78, 5) is 44.1. The van der Waals surface area contributed by atoms with E-state index in [-0.39, 0.29) is 17.4 Å². The minimum Gasteiger partial charge on any atom is -0.355 e. The summed E-state index contributed by atoms with van der Waals surface area (Å²) in [7, 11) is 3.33. The Kier molecular flexibility index (Phi) is 6.35. The second kappa shape index (κ2) is 9.34. The second-order valence-electron chi connectivity index (χ2n) is 8.32. The first kappa shape index (κ1) is 21.7. The number of carbonyl (C=O) groups excluding carboxylic acids is 2. The molecule has 166 valence electrons. The summed E-state index contributed by atoms with van der Waals surface area (Å²) in [5.41, 5.74) is 2.56. The summed E-state index contributed by atoms with van der Waals surface area (Å²) in [5, 5.41) is 3.15. The molecule has 2 heterocycles. The van der Waals surface area contributed by atoms with Crippen LogP contribution in [0.4, 0.5) is 0 Å². The van der Waals surface area contributed by atoms with Gasteiger partial charge in [0.2, 0.25) is 0 Å². The Balaban J connectivity index is 1.57. The zero-order valence-corrected chi connectivity index (χ0v) is 18.6. The summed E-state index contributed by atoms with van der Waals surface area (Å²) < 4.78 is 1.80. The number of nitrogens with zero attached hydrogens (tertiary/aromatic N) is 3. The molecule has 3 aromatic rings. The third-order valence-electron chi connectivity index (χ3n) is 6.02. The van der Waals surface area contributed by atoms with Crippen molar-refractivity contribution < 1.29 is 9.59 Å². The Morgan fingerprint density at radius 2 is 1.75 bits per heavy atom. The molecule has 1 aromatic heterocycles. The minimum absolute atomic E-state index is 0.0181. The number of nitrogens with one attached hydrogen (secondary N) is 1. The van der Waals surface area contributed by atoms with E-state index in [0.717, 1.165) is 43.5 Å². The SMILES string of the molecule is CNC(=O)c1ccc(CN(C)C(=O)c2ccc3c(=O)n4c(nc3c2)CCCCCC4)cc1. The molecule has 0 fully saturated rings. The maximum atomic E-state index is 13.0. The first-order valence-corrected chi connectivity index (χ1v) is 11.1. The molecule has 4 rings (SSSR count). The van der Waals surface area contributed by atoms with Crippen LogP contribution in [0.15, 0.2) is 47.3 Å². The molecule has 0 spiro atoms. The van der Waals surface area contributed by atoms with Gasteiger partial charge < -0.3 is 10.2 Å². The molecule has 32 heavy (non-hydrogen) atoms. The minimum atomic E-state index is -0.144. The smallest absolute Gasteiger partial charge is 0.261 e. The van der Waals surface area contributed by atoms with Gasteiger partial charge in [0.25, 0.3) is 17.4 Å². The van der Waals surface area contributed by atoms with Gasteiger partial charge in [-0.05, 0) is 48.7 Å². The van der Waals surface area contributed by atoms with Crippen LogP contribution in [-0.4, -0.2) is 40.4 Å². The maximum absolute atomic E-state index is 13.0. The fourth-order valence-electron chi connectivity index (χ4n) is 4.20. The van der Waals surface area contributed by atoms with Gasteiger partial charge in [0.05, 0.1) is 10.9 Å². The van der Waals surface area contributed by atoms with E-state index in [1.54, 1.807) is 53.9 Å². The lowest BCUT2D eigenvalue weighted by molar-refractivity contribution is 0.0784. The van der Waals surface area contributed by atoms with E-state index < -0.39 is 0 Å². The van der Waals surface area contributed by atoms with Crippen molar-refractivity contribution >= 4 is 22.7 Å². The Morgan fingerprint density at radius 1 is 1.03 bits per heavy atom. The van der Waals surface area contributed by atoms with E-state index in [9.17, 15) is 14.4 Å². The molecule has 1 N–H and O–H groups in total. The van der Waals surface area contributed by atoms with Crippen LogP contribution >= 0.6 is 0 Å². The van der Waals surface area contributed by atoms with E-state index >= 15 is 0 Å². The number of fused-ring (bicyclic) bond motifs is 2. The highest BCUT2D eigenvalue weighted by Crippen LogP contribution is 2.18. The lowest BCUT2D eigenvalue weighted by Crippen LogP contribution is -2.28. The lowest BCUT2D eigenvalue weighted by Gasteiger charge is -2.19. The molecular formula is C25H28N4O3. The molecule has 2 amide bonds. The number of aryl methyl sites for hydroxylation is 1. The van der Waals surface area contributed by atoms with E-state index in [1.165, 1.54) is 0 Å². The number of benzene rings is 2. The van der Waals surface area contributed by atoms with Gasteiger partial charge in [-0.2, -0.15) is 0 Å². The van der Waals surface area contributed by atoms with Gasteiger partial charge in [-0.1, -0.05) is 25.0 Å². The summed E-state index contributed by atoms with van der Waals surface area (Å²) >= 11 is 0. The highest BCUT2D eigenvalue weighted by molar-refractivity contribution is 5.97. The molecule has 1 aliphatic heterocycles. The van der Waals surface area contributed by atoms with Crippen molar-refractivity contribution in [1.82, 2.24) is 19.8 Å². The molecule has 7 heteroatoms. The summed E-state index contributed by atoms with van der Waals surface area (Å²) in [6, 6.07) is 12.3. The average Bonchev–Trinajstić information content (AvgIpc) is 2.79. The molecule has 1 aliphatic rings. The molecule has 0 bridgehead atoms. The molecule has 0 atom stereocenters. The van der Waals surface area contributed by atoms with Gasteiger partial charge >= 0.3 is 0 Å². The summed E-state index contributed by atoms with van der Waals surface area (Å²) in [6.07, 6.45) is 5.10. The maximum Gasteiger partial charge on any atom is 0.261 e. The summed E-state index contributed by atoms with van der Waals surface area (Å²) in [5.74, 6) is 0.529. The highest BCUT2D eigenvalue weighted by atomic mass is 16.2. The number of hydrogen-bond acceptors (Lipinski definition) is 4. The van der Waals surface area contributed by atoms with Gasteiger partial charge in [-0.15, -0.1) is 0 Å². The molecule has 0 unspecified atom stereocenters. The Hall–Kier alpha value is -3.48. The quantitative estimate of drug-likeness (QED) is 0.686. The fourth-order valence-corrected chi connectivity index (χ4v) is 4.20. The predicted octanol–water partition coefficient (Wildman–Crippen LogP) is 3.14. The van der Waals surface area contributed by atoms with Gasteiger partial charge in [-0.25, -0.2) is 4.98 Å². The van der Waals surface area contributed by atoms with Crippen LogP contribution in [0, 0.1) is 0 Å². The van der Waals surface area contributed by atoms with Crippen molar-refractivity contribution in [2.45, 2.75) is 45.2 Å². The van der Waals surface area contributed by atoms with Crippen LogP contribution in [0.25, 0.3) is 10.9 Å². The third kappa shape index (κ3) is 4.42. The molecule has 0 radical (unpaired) electrons. The predicted molar refractivity (Wildman–Crippen MR) is 124 cm³/mol. The van der Waals surface area contributed by atoms with Crippen LogP contribution in [0.2, 0.25) is 0 Å². The topological polar surface area (TPSA) is 84.3 Å². The number of amides is 2. The van der Waals surface area contributed by atoms with Gasteiger partial charge in [0.1, 0.15) is 5.82 Å². The Bertz CT molecular complexity index is 1210. The average molecular weight is 433 g/mol. The zero-order chi connectivity index (χ0) is 22.7. The number of hydrogen-bond donors (Lipinski definition) is 1. The molecular weight excluding hydrogens is 404 g/mol. The van der Waals surface area contributed by atoms with Gasteiger partial charge in [-0.3, -0.25) is 19.0 Å². The van der Waals surface area contributed by atoms with Crippen LogP contribution in [-0.2, 0) is 19.5 Å². The monoisotopic (exact) mass is 432 g/mol. The first-order chi connectivity index (χ1) is 15.5. The summed E-state index contributed by atoms with van der Waals surface area (Å²) in [6.45, 7) is 1.12. The second-order valence-corrected chi connectivity index (χ2v) is 8.32. The van der Waals surface area contributed by atoms with Gasteiger partial charge in [0.15, 0.2) is 0 Å². The van der Waals surface area contributed by atoms with Crippen molar-refractivity contribution in [3.8, 4) is 0 Å². The van der Waals surface area contributed by atoms with Crippen molar-refractivity contribution in [2.24, 2.45) is 0 Å². The van der Waals surface area contributed by atoms with Crippen molar-refractivity contribution in [1.29, 1.82) is 0 Å². The standard InChI is InChI=1S/C25H28N4O3/c1-26-23(30)18-10-8-17(9-11-18)16-28(2)24(31)19-12-13-20-21(15-19)27-22-7-5-3-4-6-14-29(22)25(20)32/h8-13,15H,3-7,14,16H2,1-2H3,(H,26,30).